The van der Waals surface area contributed by atoms with E-state index in [9.17, 15) is 0 Å². The summed E-state index contributed by atoms with van der Waals surface area (Å²) in [4.78, 5) is 4.82. The van der Waals surface area contributed by atoms with Gasteiger partial charge in [-0.05, 0) is 65.4 Å². The number of nitrogens with one attached hydrogen (secondary N) is 1. The number of fused-ring (bicyclic) bond motifs is 2. The van der Waals surface area contributed by atoms with Gasteiger partial charge >= 0.3 is 0 Å². The molecule has 6 rings (SSSR count). The molecule has 2 heterocycles. The third kappa shape index (κ3) is 4.52. The first-order valence-electron chi connectivity index (χ1n) is 12.7. The smallest absolute Gasteiger partial charge is 0.138 e. The Balaban J connectivity index is 1.44. The summed E-state index contributed by atoms with van der Waals surface area (Å²) >= 11 is 0. The van der Waals surface area contributed by atoms with E-state index in [1.54, 1.807) is 0 Å². The lowest BCUT2D eigenvalue weighted by atomic mass is 9.96. The van der Waals surface area contributed by atoms with Crippen LogP contribution in [-0.4, -0.2) is 24.2 Å². The SMILES string of the molecule is c1ccc(-c2cnc3ccc(-c4cccc5ccccc45)cc3c2OCCC2CCCCN2)cc1. The number of nitrogens with zero attached hydrogens (tertiary/aromatic N) is 1. The maximum absolute atomic E-state index is 6.61. The van der Waals surface area contributed by atoms with Crippen LogP contribution in [0, 0.1) is 0 Å². The Morgan fingerprint density at radius 3 is 2.51 bits per heavy atom. The van der Waals surface area contributed by atoms with Crippen LogP contribution in [0.5, 0.6) is 5.75 Å². The Hall–Kier alpha value is -3.69. The molecule has 3 nitrogen and oxygen atoms in total. The Bertz CT molecular complexity index is 1450. The van der Waals surface area contributed by atoms with Crippen molar-refractivity contribution >= 4 is 21.7 Å². The second-order valence-electron chi connectivity index (χ2n) is 9.41. The van der Waals surface area contributed by atoms with E-state index in [0.717, 1.165) is 40.7 Å². The third-order valence-corrected chi connectivity index (χ3v) is 7.13. The van der Waals surface area contributed by atoms with Crippen molar-refractivity contribution < 1.29 is 4.74 Å². The van der Waals surface area contributed by atoms with Crippen molar-refractivity contribution in [3.8, 4) is 28.0 Å². The predicted molar refractivity (Wildman–Crippen MR) is 146 cm³/mol. The minimum absolute atomic E-state index is 0.545. The van der Waals surface area contributed by atoms with Crippen LogP contribution in [0.15, 0.2) is 97.2 Å². The highest BCUT2D eigenvalue weighted by atomic mass is 16.5. The molecular weight excluding hydrogens is 428 g/mol. The maximum Gasteiger partial charge on any atom is 0.138 e. The van der Waals surface area contributed by atoms with E-state index in [-0.39, 0.29) is 0 Å². The number of ether oxygens (including phenoxy) is 1. The van der Waals surface area contributed by atoms with E-state index in [0.29, 0.717) is 12.6 Å². The first-order valence-corrected chi connectivity index (χ1v) is 12.7. The Labute approximate surface area is 206 Å². The van der Waals surface area contributed by atoms with Crippen molar-refractivity contribution in [3.63, 3.8) is 0 Å². The Kier molecular flexibility index (Phi) is 6.17. The molecule has 1 atom stereocenters. The van der Waals surface area contributed by atoms with Crippen LogP contribution in [0.2, 0.25) is 0 Å². The summed E-state index contributed by atoms with van der Waals surface area (Å²) in [7, 11) is 0. The first-order chi connectivity index (χ1) is 17.4. The number of benzene rings is 4. The van der Waals surface area contributed by atoms with Crippen molar-refractivity contribution in [1.29, 1.82) is 0 Å². The largest absolute Gasteiger partial charge is 0.492 e. The molecule has 3 heteroatoms. The standard InChI is InChI=1S/C32H30N2O/c1-2-9-24(10-3-1)30-22-34-31-17-16-25(28-15-8-12-23-11-4-5-14-27(23)28)21-29(31)32(30)35-20-18-26-13-6-7-19-33-26/h1-5,8-12,14-17,21-22,26,33H,6-7,13,18-20H2. The van der Waals surface area contributed by atoms with Gasteiger partial charge in [-0.2, -0.15) is 0 Å². The molecule has 1 saturated heterocycles. The third-order valence-electron chi connectivity index (χ3n) is 7.13. The van der Waals surface area contributed by atoms with Gasteiger partial charge in [-0.15, -0.1) is 0 Å². The highest BCUT2D eigenvalue weighted by Gasteiger charge is 2.16. The van der Waals surface area contributed by atoms with Crippen molar-refractivity contribution in [2.75, 3.05) is 13.2 Å². The molecule has 0 saturated carbocycles. The average molecular weight is 459 g/mol. The summed E-state index contributed by atoms with van der Waals surface area (Å²) in [6, 6.07) is 32.6. The normalized spacial score (nSPS) is 15.9. The Morgan fingerprint density at radius 1 is 0.771 bits per heavy atom. The fourth-order valence-corrected chi connectivity index (χ4v) is 5.27. The van der Waals surface area contributed by atoms with Crippen molar-refractivity contribution in [1.82, 2.24) is 10.3 Å². The zero-order chi connectivity index (χ0) is 23.5. The lowest BCUT2D eigenvalue weighted by Crippen LogP contribution is -2.35. The molecule has 0 radical (unpaired) electrons. The topological polar surface area (TPSA) is 34.1 Å². The van der Waals surface area contributed by atoms with E-state index in [1.807, 2.05) is 12.3 Å². The quantitative estimate of drug-likeness (QED) is 0.284. The molecule has 174 valence electrons. The van der Waals surface area contributed by atoms with Crippen molar-refractivity contribution in [2.45, 2.75) is 31.7 Å². The number of rotatable bonds is 6. The van der Waals surface area contributed by atoms with Gasteiger partial charge in [0.1, 0.15) is 5.75 Å². The number of pyridine rings is 1. The van der Waals surface area contributed by atoms with Gasteiger partial charge in [-0.1, -0.05) is 85.3 Å². The highest BCUT2D eigenvalue weighted by molar-refractivity contribution is 6.00. The van der Waals surface area contributed by atoms with E-state index >= 15 is 0 Å². The lowest BCUT2D eigenvalue weighted by Gasteiger charge is -2.24. The fourth-order valence-electron chi connectivity index (χ4n) is 5.27. The summed E-state index contributed by atoms with van der Waals surface area (Å²) in [5.74, 6) is 0.930. The molecule has 0 amide bonds. The molecule has 0 spiro atoms. The van der Waals surface area contributed by atoms with Gasteiger partial charge in [0.25, 0.3) is 0 Å². The van der Waals surface area contributed by atoms with Gasteiger partial charge in [0, 0.05) is 23.2 Å². The second kappa shape index (κ2) is 9.89. The lowest BCUT2D eigenvalue weighted by molar-refractivity contribution is 0.271. The summed E-state index contributed by atoms with van der Waals surface area (Å²) < 4.78 is 6.61. The molecule has 1 unspecified atom stereocenters. The molecule has 1 aromatic heterocycles. The van der Waals surface area contributed by atoms with Crippen LogP contribution in [0.3, 0.4) is 0 Å². The summed E-state index contributed by atoms with van der Waals surface area (Å²) in [6.45, 7) is 1.81. The van der Waals surface area contributed by atoms with E-state index in [1.165, 1.54) is 41.2 Å². The van der Waals surface area contributed by atoms with Crippen LogP contribution in [0.25, 0.3) is 43.9 Å². The first kappa shape index (κ1) is 21.8. The molecule has 4 aromatic carbocycles. The minimum atomic E-state index is 0.545. The van der Waals surface area contributed by atoms with E-state index in [4.69, 9.17) is 9.72 Å². The summed E-state index contributed by atoms with van der Waals surface area (Å²) in [5, 5.41) is 7.21. The number of piperidine rings is 1. The monoisotopic (exact) mass is 458 g/mol. The molecular formula is C32H30N2O. The van der Waals surface area contributed by atoms with Gasteiger partial charge < -0.3 is 10.1 Å². The van der Waals surface area contributed by atoms with Crippen LogP contribution in [0.4, 0.5) is 0 Å². The molecule has 5 aromatic rings. The number of hydrogen-bond acceptors (Lipinski definition) is 3. The zero-order valence-electron chi connectivity index (χ0n) is 19.9. The van der Waals surface area contributed by atoms with Crippen LogP contribution in [-0.2, 0) is 0 Å². The molecule has 1 fully saturated rings. The minimum Gasteiger partial charge on any atom is -0.492 e. The predicted octanol–water partition coefficient (Wildman–Crippen LogP) is 7.63. The van der Waals surface area contributed by atoms with E-state index < -0.39 is 0 Å². The highest BCUT2D eigenvalue weighted by Crippen LogP contribution is 2.39. The molecule has 1 aliphatic heterocycles. The fraction of sp³-hybridized carbons (Fsp3) is 0.219. The number of aromatic nitrogens is 1. The Morgan fingerprint density at radius 2 is 1.63 bits per heavy atom. The molecule has 35 heavy (non-hydrogen) atoms. The maximum atomic E-state index is 6.61. The van der Waals surface area contributed by atoms with Crippen molar-refractivity contribution in [2.24, 2.45) is 0 Å². The van der Waals surface area contributed by atoms with Gasteiger partial charge in [-0.3, -0.25) is 4.98 Å². The van der Waals surface area contributed by atoms with E-state index in [2.05, 4.69) is 90.2 Å². The zero-order valence-corrected chi connectivity index (χ0v) is 19.9. The van der Waals surface area contributed by atoms with Gasteiger partial charge in [0.2, 0.25) is 0 Å². The second-order valence-corrected chi connectivity index (χ2v) is 9.41. The van der Waals surface area contributed by atoms with Crippen LogP contribution in [0.1, 0.15) is 25.7 Å². The molecule has 1 aliphatic rings. The summed E-state index contributed by atoms with van der Waals surface area (Å²) in [6.07, 6.45) is 6.79. The molecule has 0 aliphatic carbocycles. The molecule has 0 bridgehead atoms. The van der Waals surface area contributed by atoms with Crippen LogP contribution >= 0.6 is 0 Å². The summed E-state index contributed by atoms with van der Waals surface area (Å²) in [5.41, 5.74) is 5.54. The van der Waals surface area contributed by atoms with Crippen LogP contribution < -0.4 is 10.1 Å². The van der Waals surface area contributed by atoms with Gasteiger partial charge in [-0.25, -0.2) is 0 Å². The average Bonchev–Trinajstić information content (AvgIpc) is 2.93. The molecule has 1 N–H and O–H groups in total. The number of hydrogen-bond donors (Lipinski definition) is 1. The van der Waals surface area contributed by atoms with Crippen molar-refractivity contribution in [3.05, 3.63) is 97.2 Å². The van der Waals surface area contributed by atoms with Gasteiger partial charge in [0.15, 0.2) is 0 Å². The van der Waals surface area contributed by atoms with Gasteiger partial charge in [0.05, 0.1) is 12.1 Å².